The van der Waals surface area contributed by atoms with Crippen molar-refractivity contribution in [2.75, 3.05) is 5.32 Å². The second-order valence-corrected chi connectivity index (χ2v) is 6.61. The van der Waals surface area contributed by atoms with Crippen LogP contribution in [0.25, 0.3) is 0 Å². The Hall–Kier alpha value is -2.61. The molecule has 2 heterocycles. The first-order valence-corrected chi connectivity index (χ1v) is 8.73. The van der Waals surface area contributed by atoms with E-state index in [0.717, 1.165) is 17.8 Å². The summed E-state index contributed by atoms with van der Waals surface area (Å²) in [4.78, 5) is 36.0. The van der Waals surface area contributed by atoms with E-state index in [2.05, 4.69) is 10.6 Å². The molecule has 0 saturated carbocycles. The van der Waals surface area contributed by atoms with Crippen LogP contribution in [0.15, 0.2) is 28.9 Å². The van der Waals surface area contributed by atoms with Gasteiger partial charge in [0.05, 0.1) is 16.1 Å². The normalized spacial score (nSPS) is 11.8. The summed E-state index contributed by atoms with van der Waals surface area (Å²) in [7, 11) is 0. The van der Waals surface area contributed by atoms with Crippen LogP contribution in [0.5, 0.6) is 0 Å². The number of nitrogens with one attached hydrogen (secondary N) is 2. The number of anilines is 1. The third kappa shape index (κ3) is 4.93. The maximum Gasteiger partial charge on any atom is 0.326 e. The molecule has 0 aromatic carbocycles. The number of carbonyl (C=O) groups is 3. The first kappa shape index (κ1) is 18.7. The van der Waals surface area contributed by atoms with Crippen LogP contribution >= 0.6 is 11.3 Å². The van der Waals surface area contributed by atoms with Gasteiger partial charge in [0.25, 0.3) is 11.8 Å². The van der Waals surface area contributed by atoms with Gasteiger partial charge in [-0.1, -0.05) is 19.8 Å². The minimum atomic E-state index is -1.05. The van der Waals surface area contributed by atoms with Crippen molar-refractivity contribution in [3.05, 3.63) is 40.7 Å². The Morgan fingerprint density at radius 1 is 1.32 bits per heavy atom. The van der Waals surface area contributed by atoms with Gasteiger partial charge in [-0.2, -0.15) is 0 Å². The zero-order chi connectivity index (χ0) is 18.4. The summed E-state index contributed by atoms with van der Waals surface area (Å²) in [6, 6.07) is 3.89. The van der Waals surface area contributed by atoms with Gasteiger partial charge >= 0.3 is 5.97 Å². The van der Waals surface area contributed by atoms with Crippen LogP contribution in [0, 0.1) is 6.92 Å². The number of amides is 2. The molecule has 1 atom stereocenters. The van der Waals surface area contributed by atoms with Crippen LogP contribution < -0.4 is 10.6 Å². The first-order chi connectivity index (χ1) is 11.9. The summed E-state index contributed by atoms with van der Waals surface area (Å²) >= 11 is 1.09. The van der Waals surface area contributed by atoms with E-state index in [0.29, 0.717) is 28.3 Å². The Balaban J connectivity index is 2.06. The highest BCUT2D eigenvalue weighted by molar-refractivity contribution is 7.18. The predicted octanol–water partition coefficient (Wildman–Crippen LogP) is 3.28. The molecule has 3 N–H and O–H groups in total. The van der Waals surface area contributed by atoms with Crippen LogP contribution in [-0.4, -0.2) is 28.9 Å². The molecule has 2 aromatic heterocycles. The Morgan fingerprint density at radius 2 is 2.08 bits per heavy atom. The highest BCUT2D eigenvalue weighted by atomic mass is 32.1. The lowest BCUT2D eigenvalue weighted by Crippen LogP contribution is -2.40. The van der Waals surface area contributed by atoms with Crippen LogP contribution in [0.2, 0.25) is 0 Å². The van der Waals surface area contributed by atoms with Crippen molar-refractivity contribution in [3.63, 3.8) is 0 Å². The molecular formula is C17H20N2O5S. The largest absolute Gasteiger partial charge is 0.480 e. The van der Waals surface area contributed by atoms with Crippen LogP contribution in [-0.2, 0) is 4.79 Å². The molecule has 2 amide bonds. The van der Waals surface area contributed by atoms with Gasteiger partial charge in [0.15, 0.2) is 5.76 Å². The number of carbonyl (C=O) groups excluding carboxylic acids is 2. The second-order valence-electron chi connectivity index (χ2n) is 5.56. The third-order valence-electron chi connectivity index (χ3n) is 3.56. The van der Waals surface area contributed by atoms with Gasteiger partial charge in [0.1, 0.15) is 6.04 Å². The Kier molecular flexibility index (Phi) is 6.35. The lowest BCUT2D eigenvalue weighted by atomic mass is 10.1. The molecular weight excluding hydrogens is 344 g/mol. The van der Waals surface area contributed by atoms with E-state index in [1.807, 2.05) is 6.92 Å². The number of aryl methyl sites for hydroxylation is 1. The lowest BCUT2D eigenvalue weighted by Gasteiger charge is -2.13. The summed E-state index contributed by atoms with van der Waals surface area (Å²) in [5, 5.41) is 14.9. The van der Waals surface area contributed by atoms with Crippen molar-refractivity contribution in [1.82, 2.24) is 5.32 Å². The highest BCUT2D eigenvalue weighted by Crippen LogP contribution is 2.27. The molecule has 0 bridgehead atoms. The fraction of sp³-hybridized carbons (Fsp3) is 0.353. The number of furan rings is 1. The number of hydrogen-bond donors (Lipinski definition) is 3. The quantitative estimate of drug-likeness (QED) is 0.666. The number of hydrogen-bond acceptors (Lipinski definition) is 5. The maximum absolute atomic E-state index is 12.4. The van der Waals surface area contributed by atoms with Crippen molar-refractivity contribution in [2.24, 2.45) is 0 Å². The Labute approximate surface area is 149 Å². The monoisotopic (exact) mass is 364 g/mol. The van der Waals surface area contributed by atoms with E-state index >= 15 is 0 Å². The molecule has 0 fully saturated rings. The number of thiophene rings is 1. The van der Waals surface area contributed by atoms with E-state index in [1.165, 1.54) is 12.3 Å². The fourth-order valence-corrected chi connectivity index (χ4v) is 3.21. The number of unbranched alkanes of at least 4 members (excludes halogenated alkanes) is 1. The minimum absolute atomic E-state index is 0.169. The van der Waals surface area contributed by atoms with Crippen molar-refractivity contribution in [1.29, 1.82) is 0 Å². The van der Waals surface area contributed by atoms with E-state index in [9.17, 15) is 19.5 Å². The lowest BCUT2D eigenvalue weighted by molar-refractivity contribution is -0.139. The summed E-state index contributed by atoms with van der Waals surface area (Å²) in [6.07, 6.45) is 3.34. The van der Waals surface area contributed by atoms with Gasteiger partial charge in [0, 0.05) is 0 Å². The van der Waals surface area contributed by atoms with Gasteiger partial charge in [-0.05, 0) is 37.1 Å². The number of rotatable bonds is 8. The molecule has 0 aliphatic carbocycles. The molecule has 0 spiro atoms. The van der Waals surface area contributed by atoms with Gasteiger partial charge in [-0.25, -0.2) is 4.79 Å². The van der Waals surface area contributed by atoms with E-state index in [-0.39, 0.29) is 5.76 Å². The molecule has 2 aromatic rings. The van der Waals surface area contributed by atoms with Gasteiger partial charge in [-0.15, -0.1) is 11.3 Å². The van der Waals surface area contributed by atoms with Gasteiger partial charge in [-0.3, -0.25) is 9.59 Å². The molecule has 7 nitrogen and oxygen atoms in total. The van der Waals surface area contributed by atoms with E-state index in [4.69, 9.17) is 4.42 Å². The summed E-state index contributed by atoms with van der Waals surface area (Å²) in [5.74, 6) is -1.75. The highest BCUT2D eigenvalue weighted by Gasteiger charge is 2.23. The standard InChI is InChI=1S/C17H20N2O5S/c1-3-4-6-11(17(22)23)18-16(21)14-10(2)9-13(25-14)19-15(20)12-7-5-8-24-12/h5,7-9,11H,3-4,6H2,1-2H3,(H,18,21)(H,19,20)(H,22,23)/t11-/m0/s1. The number of carboxylic acid groups (broad SMARTS) is 1. The Morgan fingerprint density at radius 3 is 2.68 bits per heavy atom. The van der Waals surface area contributed by atoms with Crippen LogP contribution in [0.1, 0.15) is 52.0 Å². The van der Waals surface area contributed by atoms with Crippen molar-refractivity contribution >= 4 is 34.1 Å². The van der Waals surface area contributed by atoms with Gasteiger partial charge < -0.3 is 20.2 Å². The smallest absolute Gasteiger partial charge is 0.326 e. The number of aliphatic carboxylic acids is 1. The topological polar surface area (TPSA) is 109 Å². The maximum atomic E-state index is 12.4. The SMILES string of the molecule is CCCC[C@H](NC(=O)c1sc(NC(=O)c2ccco2)cc1C)C(=O)O. The predicted molar refractivity (Wildman–Crippen MR) is 94.1 cm³/mol. The molecule has 2 rings (SSSR count). The van der Waals surface area contributed by atoms with E-state index in [1.54, 1.807) is 19.1 Å². The molecule has 0 aliphatic rings. The van der Waals surface area contributed by atoms with Crippen LogP contribution in [0.4, 0.5) is 5.00 Å². The third-order valence-corrected chi connectivity index (χ3v) is 4.71. The average molecular weight is 364 g/mol. The molecule has 0 aliphatic heterocycles. The van der Waals surface area contributed by atoms with Crippen molar-refractivity contribution < 1.29 is 23.9 Å². The molecule has 25 heavy (non-hydrogen) atoms. The van der Waals surface area contributed by atoms with Crippen LogP contribution in [0.3, 0.4) is 0 Å². The first-order valence-electron chi connectivity index (χ1n) is 7.91. The van der Waals surface area contributed by atoms with Gasteiger partial charge in [0.2, 0.25) is 0 Å². The average Bonchev–Trinajstić information content (AvgIpc) is 3.20. The Bertz CT molecular complexity index is 751. The van der Waals surface area contributed by atoms with Crippen molar-refractivity contribution in [3.8, 4) is 0 Å². The molecule has 0 saturated heterocycles. The zero-order valence-corrected chi connectivity index (χ0v) is 14.8. The number of carboxylic acids is 1. The molecule has 0 radical (unpaired) electrons. The van der Waals surface area contributed by atoms with Crippen molar-refractivity contribution in [2.45, 2.75) is 39.2 Å². The summed E-state index contributed by atoms with van der Waals surface area (Å²) < 4.78 is 5.02. The fourth-order valence-electron chi connectivity index (χ4n) is 2.24. The second kappa shape index (κ2) is 8.48. The summed E-state index contributed by atoms with van der Waals surface area (Å²) in [5.41, 5.74) is 0.664. The summed E-state index contributed by atoms with van der Waals surface area (Å²) in [6.45, 7) is 3.69. The minimum Gasteiger partial charge on any atom is -0.480 e. The molecule has 0 unspecified atom stereocenters. The van der Waals surface area contributed by atoms with E-state index < -0.39 is 23.8 Å². The molecule has 134 valence electrons. The zero-order valence-electron chi connectivity index (χ0n) is 14.0. The molecule has 8 heteroatoms.